The van der Waals surface area contributed by atoms with E-state index in [2.05, 4.69) is 33.0 Å². The van der Waals surface area contributed by atoms with Crippen LogP contribution in [0.2, 0.25) is 0 Å². The van der Waals surface area contributed by atoms with E-state index in [0.717, 1.165) is 30.5 Å². The van der Waals surface area contributed by atoms with E-state index in [9.17, 15) is 0 Å². The molecule has 4 nitrogen and oxygen atoms in total. The fourth-order valence-corrected chi connectivity index (χ4v) is 4.26. The standard InChI is InChI=1S/C15H19N3OS/c1-2-6-12-10(4-1)8-13(16-12)15-17-14(18-19-15)9-11-5-3-7-20-11/h3,5,7,10,12-13,16H,1-2,4,6,8-9H2. The molecular formula is C15H19N3OS. The molecule has 1 saturated carbocycles. The predicted octanol–water partition coefficient (Wildman–Crippen LogP) is 3.32. The minimum absolute atomic E-state index is 0.271. The number of aromatic nitrogens is 2. The van der Waals surface area contributed by atoms with Crippen LogP contribution in [0.3, 0.4) is 0 Å². The van der Waals surface area contributed by atoms with Crippen LogP contribution in [-0.2, 0) is 6.42 Å². The number of hydrogen-bond donors (Lipinski definition) is 1. The van der Waals surface area contributed by atoms with Gasteiger partial charge in [-0.3, -0.25) is 0 Å². The van der Waals surface area contributed by atoms with Crippen LogP contribution in [0.25, 0.3) is 0 Å². The van der Waals surface area contributed by atoms with Gasteiger partial charge in [-0.15, -0.1) is 11.3 Å². The SMILES string of the molecule is c1csc(Cc2noc(C3CC4CCCCC4N3)n2)c1. The first-order valence-corrected chi connectivity index (χ1v) is 8.37. The quantitative estimate of drug-likeness (QED) is 0.941. The number of thiophene rings is 1. The molecule has 1 aliphatic carbocycles. The van der Waals surface area contributed by atoms with Crippen LogP contribution in [-0.4, -0.2) is 16.2 Å². The molecule has 0 aromatic carbocycles. The van der Waals surface area contributed by atoms with E-state index < -0.39 is 0 Å². The van der Waals surface area contributed by atoms with Gasteiger partial charge in [-0.25, -0.2) is 0 Å². The van der Waals surface area contributed by atoms with Crippen molar-refractivity contribution in [3.8, 4) is 0 Å². The van der Waals surface area contributed by atoms with E-state index in [0.29, 0.717) is 6.04 Å². The third-order valence-electron chi connectivity index (χ3n) is 4.56. The predicted molar refractivity (Wildman–Crippen MR) is 77.7 cm³/mol. The Morgan fingerprint density at radius 1 is 1.35 bits per heavy atom. The summed E-state index contributed by atoms with van der Waals surface area (Å²) < 4.78 is 5.48. The summed E-state index contributed by atoms with van der Waals surface area (Å²) in [6.07, 6.45) is 7.32. The Labute approximate surface area is 122 Å². The van der Waals surface area contributed by atoms with E-state index in [4.69, 9.17) is 4.52 Å². The van der Waals surface area contributed by atoms with Crippen LogP contribution in [0.4, 0.5) is 0 Å². The molecule has 1 saturated heterocycles. The average molecular weight is 289 g/mol. The van der Waals surface area contributed by atoms with Gasteiger partial charge >= 0.3 is 0 Å². The molecule has 2 aromatic heterocycles. The second-order valence-electron chi connectivity index (χ2n) is 5.91. The maximum Gasteiger partial charge on any atom is 0.243 e. The summed E-state index contributed by atoms with van der Waals surface area (Å²) in [5, 5.41) is 9.90. The molecule has 0 bridgehead atoms. The van der Waals surface area contributed by atoms with Crippen molar-refractivity contribution in [1.29, 1.82) is 0 Å². The van der Waals surface area contributed by atoms with E-state index in [1.165, 1.54) is 30.6 Å². The van der Waals surface area contributed by atoms with Gasteiger partial charge in [0.15, 0.2) is 5.82 Å². The zero-order valence-corrected chi connectivity index (χ0v) is 12.2. The fourth-order valence-electron chi connectivity index (χ4n) is 3.56. The highest BCUT2D eigenvalue weighted by Gasteiger charge is 2.38. The van der Waals surface area contributed by atoms with Crippen molar-refractivity contribution in [1.82, 2.24) is 15.5 Å². The van der Waals surface area contributed by atoms with Gasteiger partial charge in [0.25, 0.3) is 0 Å². The number of hydrogen-bond acceptors (Lipinski definition) is 5. The molecule has 4 rings (SSSR count). The Morgan fingerprint density at radius 2 is 2.30 bits per heavy atom. The molecule has 2 fully saturated rings. The molecule has 106 valence electrons. The number of rotatable bonds is 3. The van der Waals surface area contributed by atoms with Crippen molar-refractivity contribution >= 4 is 11.3 Å². The van der Waals surface area contributed by atoms with Crippen molar-refractivity contribution < 1.29 is 4.52 Å². The highest BCUT2D eigenvalue weighted by atomic mass is 32.1. The molecule has 1 N–H and O–H groups in total. The molecule has 0 spiro atoms. The van der Waals surface area contributed by atoms with Crippen LogP contribution in [0.1, 0.15) is 54.7 Å². The van der Waals surface area contributed by atoms with E-state index in [1.807, 2.05) is 0 Å². The van der Waals surface area contributed by atoms with Crippen LogP contribution in [0, 0.1) is 5.92 Å². The van der Waals surface area contributed by atoms with Crippen molar-refractivity contribution in [2.45, 2.75) is 50.6 Å². The van der Waals surface area contributed by atoms with Crippen LogP contribution < -0.4 is 5.32 Å². The third kappa shape index (κ3) is 2.40. The Bertz CT molecular complexity index is 551. The summed E-state index contributed by atoms with van der Waals surface area (Å²) in [7, 11) is 0. The minimum Gasteiger partial charge on any atom is -0.338 e. The molecule has 3 atom stereocenters. The molecule has 3 unspecified atom stereocenters. The summed E-state index contributed by atoms with van der Waals surface area (Å²) in [6, 6.07) is 5.11. The monoisotopic (exact) mass is 289 g/mol. The highest BCUT2D eigenvalue weighted by Crippen LogP contribution is 2.38. The van der Waals surface area contributed by atoms with Crippen LogP contribution in [0.5, 0.6) is 0 Å². The largest absolute Gasteiger partial charge is 0.338 e. The normalized spacial score (nSPS) is 29.5. The Morgan fingerprint density at radius 3 is 3.15 bits per heavy atom. The molecule has 2 aliphatic rings. The van der Waals surface area contributed by atoms with E-state index in [-0.39, 0.29) is 6.04 Å². The smallest absolute Gasteiger partial charge is 0.243 e. The molecule has 3 heterocycles. The maximum absolute atomic E-state index is 5.48. The molecule has 0 radical (unpaired) electrons. The summed E-state index contributed by atoms with van der Waals surface area (Å²) >= 11 is 1.74. The molecule has 20 heavy (non-hydrogen) atoms. The minimum atomic E-state index is 0.271. The van der Waals surface area contributed by atoms with Gasteiger partial charge in [-0.2, -0.15) is 4.98 Å². The number of nitrogens with one attached hydrogen (secondary N) is 1. The van der Waals surface area contributed by atoms with Crippen molar-refractivity contribution in [3.63, 3.8) is 0 Å². The molecular weight excluding hydrogens is 270 g/mol. The van der Waals surface area contributed by atoms with Crippen molar-refractivity contribution in [2.24, 2.45) is 5.92 Å². The van der Waals surface area contributed by atoms with Gasteiger partial charge in [0.1, 0.15) is 0 Å². The first kappa shape index (κ1) is 12.5. The Hall–Kier alpha value is -1.20. The second-order valence-corrected chi connectivity index (χ2v) is 6.94. The van der Waals surface area contributed by atoms with Crippen LogP contribution in [0.15, 0.2) is 22.0 Å². The zero-order valence-electron chi connectivity index (χ0n) is 11.4. The molecule has 1 aliphatic heterocycles. The lowest BCUT2D eigenvalue weighted by atomic mass is 9.85. The number of nitrogens with zero attached hydrogens (tertiary/aromatic N) is 2. The summed E-state index contributed by atoms with van der Waals surface area (Å²) in [5.41, 5.74) is 0. The highest BCUT2D eigenvalue weighted by molar-refractivity contribution is 7.09. The van der Waals surface area contributed by atoms with Crippen molar-refractivity contribution in [2.75, 3.05) is 0 Å². The summed E-state index contributed by atoms with van der Waals surface area (Å²) in [5.74, 6) is 2.39. The topological polar surface area (TPSA) is 51.0 Å². The summed E-state index contributed by atoms with van der Waals surface area (Å²) in [6.45, 7) is 0. The lowest BCUT2D eigenvalue weighted by Crippen LogP contribution is -2.30. The Kier molecular flexibility index (Phi) is 3.32. The summed E-state index contributed by atoms with van der Waals surface area (Å²) in [4.78, 5) is 5.87. The van der Waals surface area contributed by atoms with Gasteiger partial charge in [0.2, 0.25) is 5.89 Å². The first-order valence-electron chi connectivity index (χ1n) is 7.49. The zero-order chi connectivity index (χ0) is 13.4. The fraction of sp³-hybridized carbons (Fsp3) is 0.600. The average Bonchev–Trinajstić information content (AvgIpc) is 3.18. The molecule has 2 aromatic rings. The Balaban J connectivity index is 1.45. The molecule has 0 amide bonds. The maximum atomic E-state index is 5.48. The lowest BCUT2D eigenvalue weighted by Gasteiger charge is -2.24. The van der Waals surface area contributed by atoms with Gasteiger partial charge in [0, 0.05) is 17.3 Å². The van der Waals surface area contributed by atoms with Gasteiger partial charge in [0.05, 0.1) is 6.04 Å². The van der Waals surface area contributed by atoms with E-state index in [1.54, 1.807) is 11.3 Å². The van der Waals surface area contributed by atoms with Gasteiger partial charge < -0.3 is 9.84 Å². The lowest BCUT2D eigenvalue weighted by molar-refractivity contribution is 0.324. The van der Waals surface area contributed by atoms with Gasteiger partial charge in [-0.05, 0) is 36.6 Å². The molecule has 5 heteroatoms. The van der Waals surface area contributed by atoms with E-state index >= 15 is 0 Å². The van der Waals surface area contributed by atoms with Gasteiger partial charge in [-0.1, -0.05) is 24.1 Å². The van der Waals surface area contributed by atoms with Crippen LogP contribution >= 0.6 is 11.3 Å². The van der Waals surface area contributed by atoms with Crippen molar-refractivity contribution in [3.05, 3.63) is 34.1 Å². The third-order valence-corrected chi connectivity index (χ3v) is 5.43. The number of fused-ring (bicyclic) bond motifs is 1. The second kappa shape index (κ2) is 5.30. The first-order chi connectivity index (χ1) is 9.88.